The number of rotatable bonds is 4. The summed E-state index contributed by atoms with van der Waals surface area (Å²) in [5.74, 6) is 1.84. The van der Waals surface area contributed by atoms with E-state index in [-0.39, 0.29) is 11.7 Å². The van der Waals surface area contributed by atoms with Gasteiger partial charge in [0.05, 0.1) is 19.6 Å². The zero-order valence-electron chi connectivity index (χ0n) is 12.0. The first-order valence-corrected chi connectivity index (χ1v) is 7.12. The van der Waals surface area contributed by atoms with Crippen molar-refractivity contribution in [3.63, 3.8) is 0 Å². The summed E-state index contributed by atoms with van der Waals surface area (Å²) in [6.07, 6.45) is 1.19. The lowest BCUT2D eigenvalue weighted by Gasteiger charge is -2.24. The molecule has 21 heavy (non-hydrogen) atoms. The van der Waals surface area contributed by atoms with Crippen LogP contribution in [0, 0.1) is 5.92 Å². The fourth-order valence-electron chi connectivity index (χ4n) is 2.66. The number of para-hydroxylation sites is 1. The molecule has 1 aliphatic rings. The number of ketones is 1. The van der Waals surface area contributed by atoms with Gasteiger partial charge >= 0.3 is 0 Å². The summed E-state index contributed by atoms with van der Waals surface area (Å²) in [4.78, 5) is 12.5. The largest absolute Gasteiger partial charge is 0.497 e. The molecule has 1 aliphatic heterocycles. The molecule has 2 aromatic carbocycles. The van der Waals surface area contributed by atoms with Gasteiger partial charge < -0.3 is 9.47 Å². The zero-order chi connectivity index (χ0) is 14.7. The first-order valence-electron chi connectivity index (χ1n) is 7.12. The molecular weight excluding hydrogens is 264 g/mol. The van der Waals surface area contributed by atoms with Crippen LogP contribution in [0.3, 0.4) is 0 Å². The third-order valence-electron chi connectivity index (χ3n) is 3.85. The molecule has 0 N–H and O–H groups in total. The maximum atomic E-state index is 12.5. The topological polar surface area (TPSA) is 35.5 Å². The first kappa shape index (κ1) is 13.7. The number of carbonyl (C=O) groups excluding carboxylic acids is 1. The van der Waals surface area contributed by atoms with Crippen LogP contribution in [-0.2, 0) is 17.6 Å². The summed E-state index contributed by atoms with van der Waals surface area (Å²) in [5, 5.41) is 0. The highest BCUT2D eigenvalue weighted by atomic mass is 16.5. The van der Waals surface area contributed by atoms with Gasteiger partial charge in [-0.15, -0.1) is 0 Å². The van der Waals surface area contributed by atoms with E-state index in [0.717, 1.165) is 29.0 Å². The Kier molecular flexibility index (Phi) is 3.91. The number of hydrogen-bond donors (Lipinski definition) is 0. The predicted molar refractivity (Wildman–Crippen MR) is 80.8 cm³/mol. The lowest BCUT2D eigenvalue weighted by atomic mass is 9.90. The van der Waals surface area contributed by atoms with E-state index >= 15 is 0 Å². The van der Waals surface area contributed by atoms with Gasteiger partial charge in [0, 0.05) is 6.42 Å². The number of ether oxygens (including phenoxy) is 2. The van der Waals surface area contributed by atoms with Gasteiger partial charge in [-0.3, -0.25) is 4.79 Å². The smallest absolute Gasteiger partial charge is 0.144 e. The van der Waals surface area contributed by atoms with Crippen molar-refractivity contribution in [2.75, 3.05) is 13.7 Å². The highest BCUT2D eigenvalue weighted by molar-refractivity contribution is 5.84. The minimum Gasteiger partial charge on any atom is -0.497 e. The van der Waals surface area contributed by atoms with Crippen LogP contribution in [0.1, 0.15) is 11.1 Å². The fourth-order valence-corrected chi connectivity index (χ4v) is 2.66. The molecule has 0 aliphatic carbocycles. The Morgan fingerprint density at radius 1 is 1.24 bits per heavy atom. The van der Waals surface area contributed by atoms with Gasteiger partial charge in [-0.25, -0.2) is 0 Å². The van der Waals surface area contributed by atoms with E-state index in [1.54, 1.807) is 7.11 Å². The van der Waals surface area contributed by atoms with Crippen LogP contribution >= 0.6 is 0 Å². The second-order valence-corrected chi connectivity index (χ2v) is 5.31. The van der Waals surface area contributed by atoms with Crippen molar-refractivity contribution < 1.29 is 14.3 Å². The molecule has 0 spiro atoms. The van der Waals surface area contributed by atoms with Crippen molar-refractivity contribution in [2.24, 2.45) is 5.92 Å². The van der Waals surface area contributed by atoms with Crippen molar-refractivity contribution in [1.29, 1.82) is 0 Å². The third kappa shape index (κ3) is 3.07. The average Bonchev–Trinajstić information content (AvgIpc) is 2.54. The number of fused-ring (bicyclic) bond motifs is 1. The van der Waals surface area contributed by atoms with Crippen molar-refractivity contribution in [2.45, 2.75) is 12.8 Å². The molecule has 2 aromatic rings. The Hall–Kier alpha value is -2.29. The van der Waals surface area contributed by atoms with Gasteiger partial charge in [0.25, 0.3) is 0 Å². The molecule has 1 heterocycles. The second kappa shape index (κ2) is 6.00. The quantitative estimate of drug-likeness (QED) is 0.864. The molecule has 0 amide bonds. The third-order valence-corrected chi connectivity index (χ3v) is 3.85. The van der Waals surface area contributed by atoms with Gasteiger partial charge in [0.15, 0.2) is 0 Å². The zero-order valence-corrected chi connectivity index (χ0v) is 12.0. The number of carbonyl (C=O) groups is 1. The van der Waals surface area contributed by atoms with E-state index in [4.69, 9.17) is 9.47 Å². The predicted octanol–water partition coefficient (Wildman–Crippen LogP) is 3.06. The van der Waals surface area contributed by atoms with Gasteiger partial charge in [-0.1, -0.05) is 30.3 Å². The minimum atomic E-state index is -0.0638. The minimum absolute atomic E-state index is 0.0638. The molecule has 0 fully saturated rings. The van der Waals surface area contributed by atoms with Crippen LogP contribution in [0.2, 0.25) is 0 Å². The van der Waals surface area contributed by atoms with Crippen LogP contribution in [-0.4, -0.2) is 19.5 Å². The SMILES string of the molecule is COc1cccc(CC(=O)C2COc3ccccc3C2)c1. The molecule has 3 nitrogen and oxygen atoms in total. The molecule has 1 atom stereocenters. The molecule has 0 bridgehead atoms. The van der Waals surface area contributed by atoms with E-state index in [9.17, 15) is 4.79 Å². The van der Waals surface area contributed by atoms with Crippen molar-refractivity contribution in [3.05, 3.63) is 59.7 Å². The van der Waals surface area contributed by atoms with Crippen LogP contribution in [0.5, 0.6) is 11.5 Å². The summed E-state index contributed by atoms with van der Waals surface area (Å²) < 4.78 is 10.9. The van der Waals surface area contributed by atoms with Gasteiger partial charge in [0.1, 0.15) is 17.3 Å². The Labute approximate surface area is 124 Å². The molecule has 1 unspecified atom stereocenters. The lowest BCUT2D eigenvalue weighted by Crippen LogP contribution is -2.29. The Bertz CT molecular complexity index is 648. The summed E-state index contributed by atoms with van der Waals surface area (Å²) in [6, 6.07) is 15.6. The molecule has 0 radical (unpaired) electrons. The fraction of sp³-hybridized carbons (Fsp3) is 0.278. The highest BCUT2D eigenvalue weighted by Gasteiger charge is 2.25. The maximum Gasteiger partial charge on any atom is 0.144 e. The standard InChI is InChI=1S/C18H18O3/c1-20-16-7-4-5-13(9-16)10-17(19)15-11-14-6-2-3-8-18(14)21-12-15/h2-9,15H,10-12H2,1H3. The molecule has 3 heteroatoms. The summed E-state index contributed by atoms with van der Waals surface area (Å²) in [7, 11) is 1.63. The van der Waals surface area contributed by atoms with Crippen LogP contribution in [0.25, 0.3) is 0 Å². The lowest BCUT2D eigenvalue weighted by molar-refractivity contribution is -0.123. The van der Waals surface area contributed by atoms with Gasteiger partial charge in [-0.05, 0) is 35.7 Å². The molecule has 3 rings (SSSR count). The normalized spacial score (nSPS) is 16.7. The Balaban J connectivity index is 1.69. The number of Topliss-reactive ketones (excluding diaryl/α,β-unsaturated/α-hetero) is 1. The molecule has 0 aromatic heterocycles. The molecule has 108 valence electrons. The second-order valence-electron chi connectivity index (χ2n) is 5.31. The maximum absolute atomic E-state index is 12.5. The van der Waals surface area contributed by atoms with Crippen molar-refractivity contribution in [3.8, 4) is 11.5 Å². The Morgan fingerprint density at radius 3 is 2.95 bits per heavy atom. The van der Waals surface area contributed by atoms with E-state index < -0.39 is 0 Å². The van der Waals surface area contributed by atoms with Crippen LogP contribution in [0.15, 0.2) is 48.5 Å². The van der Waals surface area contributed by atoms with E-state index in [1.165, 1.54) is 0 Å². The van der Waals surface area contributed by atoms with Gasteiger partial charge in [0.2, 0.25) is 0 Å². The van der Waals surface area contributed by atoms with Crippen LogP contribution < -0.4 is 9.47 Å². The van der Waals surface area contributed by atoms with E-state index in [2.05, 4.69) is 0 Å². The molecule has 0 saturated carbocycles. The first-order chi connectivity index (χ1) is 10.3. The summed E-state index contributed by atoms with van der Waals surface area (Å²) in [6.45, 7) is 0.472. The van der Waals surface area contributed by atoms with E-state index in [1.807, 2.05) is 48.5 Å². The summed E-state index contributed by atoms with van der Waals surface area (Å²) in [5.41, 5.74) is 2.10. The molecular formula is C18H18O3. The molecule has 0 saturated heterocycles. The highest BCUT2D eigenvalue weighted by Crippen LogP contribution is 2.28. The van der Waals surface area contributed by atoms with Crippen LogP contribution in [0.4, 0.5) is 0 Å². The monoisotopic (exact) mass is 282 g/mol. The Morgan fingerprint density at radius 2 is 2.10 bits per heavy atom. The number of hydrogen-bond acceptors (Lipinski definition) is 3. The van der Waals surface area contributed by atoms with E-state index in [0.29, 0.717) is 13.0 Å². The number of methoxy groups -OCH3 is 1. The number of benzene rings is 2. The van der Waals surface area contributed by atoms with Gasteiger partial charge in [-0.2, -0.15) is 0 Å². The summed E-state index contributed by atoms with van der Waals surface area (Å²) >= 11 is 0. The average molecular weight is 282 g/mol. The van der Waals surface area contributed by atoms with Crippen molar-refractivity contribution >= 4 is 5.78 Å². The van der Waals surface area contributed by atoms with Crippen molar-refractivity contribution in [1.82, 2.24) is 0 Å².